The molecular formula is C14H19F3N6S. The van der Waals surface area contributed by atoms with Crippen LogP contribution in [0.1, 0.15) is 23.2 Å². The second-order valence-corrected chi connectivity index (χ2v) is 5.97. The summed E-state index contributed by atoms with van der Waals surface area (Å²) < 4.78 is 39.4. The maximum atomic E-state index is 12.5. The van der Waals surface area contributed by atoms with Crippen molar-refractivity contribution in [3.05, 3.63) is 34.0 Å². The topological polar surface area (TPSA) is 67.1 Å². The molecule has 0 saturated carbocycles. The number of rotatable bonds is 6. The third kappa shape index (κ3) is 5.52. The zero-order valence-electron chi connectivity index (χ0n) is 13.4. The van der Waals surface area contributed by atoms with Crippen LogP contribution in [-0.2, 0) is 19.3 Å². The summed E-state index contributed by atoms with van der Waals surface area (Å²) in [5.74, 6) is 0.533. The predicted octanol–water partition coefficient (Wildman–Crippen LogP) is 2.42. The number of aromatic nitrogens is 3. The lowest BCUT2D eigenvalue weighted by Crippen LogP contribution is -2.38. The van der Waals surface area contributed by atoms with E-state index in [0.717, 1.165) is 22.3 Å². The Morgan fingerprint density at radius 1 is 1.38 bits per heavy atom. The summed E-state index contributed by atoms with van der Waals surface area (Å²) in [5, 5.41) is 11.7. The molecule has 2 rings (SSSR count). The van der Waals surface area contributed by atoms with E-state index < -0.39 is 11.9 Å². The van der Waals surface area contributed by atoms with Crippen LogP contribution in [0.3, 0.4) is 0 Å². The van der Waals surface area contributed by atoms with E-state index >= 15 is 0 Å². The van der Waals surface area contributed by atoms with Gasteiger partial charge in [0.05, 0.1) is 19.3 Å². The van der Waals surface area contributed by atoms with E-state index in [1.54, 1.807) is 6.20 Å². The minimum atomic E-state index is -4.41. The van der Waals surface area contributed by atoms with Gasteiger partial charge in [-0.1, -0.05) is 0 Å². The molecule has 2 aromatic rings. The van der Waals surface area contributed by atoms with Crippen molar-refractivity contribution in [3.63, 3.8) is 0 Å². The molecular weight excluding hydrogens is 341 g/mol. The summed E-state index contributed by atoms with van der Waals surface area (Å²) in [4.78, 5) is 7.82. The van der Waals surface area contributed by atoms with Gasteiger partial charge in [0.25, 0.3) is 0 Å². The Kier molecular flexibility index (Phi) is 6.18. The molecule has 0 spiro atoms. The summed E-state index contributed by atoms with van der Waals surface area (Å²) in [6, 6.07) is 0. The van der Waals surface area contributed by atoms with Crippen molar-refractivity contribution >= 4 is 17.3 Å². The molecule has 0 bridgehead atoms. The standard InChI is InChI=1S/C14H19F3N6S/c1-3-18-13(19-4-5-23-8-10(2)6-21-23)20-7-12-22-11(9-24-12)14(15,16)17/h6,8-9H,3-5,7H2,1-2H3,(H2,18,19,20). The number of thiazole rings is 1. The molecule has 2 N–H and O–H groups in total. The van der Waals surface area contributed by atoms with Crippen LogP contribution in [-0.4, -0.2) is 33.8 Å². The molecule has 6 nitrogen and oxygen atoms in total. The molecule has 24 heavy (non-hydrogen) atoms. The molecule has 0 aliphatic rings. The lowest BCUT2D eigenvalue weighted by Gasteiger charge is -2.10. The lowest BCUT2D eigenvalue weighted by molar-refractivity contribution is -0.140. The molecule has 0 saturated heterocycles. The average molecular weight is 360 g/mol. The Balaban J connectivity index is 1.89. The van der Waals surface area contributed by atoms with Gasteiger partial charge in [0.15, 0.2) is 11.7 Å². The van der Waals surface area contributed by atoms with Crippen molar-refractivity contribution in [2.24, 2.45) is 4.99 Å². The number of aryl methyl sites for hydroxylation is 1. The van der Waals surface area contributed by atoms with Crippen LogP contribution < -0.4 is 10.6 Å². The molecule has 0 unspecified atom stereocenters. The van der Waals surface area contributed by atoms with E-state index in [-0.39, 0.29) is 6.54 Å². The predicted molar refractivity (Wildman–Crippen MR) is 86.9 cm³/mol. The first kappa shape index (κ1) is 18.2. The van der Waals surface area contributed by atoms with Gasteiger partial charge in [-0.15, -0.1) is 11.3 Å². The normalized spacial score (nSPS) is 12.5. The van der Waals surface area contributed by atoms with Gasteiger partial charge in [0, 0.05) is 24.7 Å². The van der Waals surface area contributed by atoms with E-state index in [9.17, 15) is 13.2 Å². The first-order valence-corrected chi connectivity index (χ1v) is 8.29. The summed E-state index contributed by atoms with van der Waals surface area (Å²) in [7, 11) is 0. The van der Waals surface area contributed by atoms with Crippen molar-refractivity contribution in [1.29, 1.82) is 0 Å². The molecule has 0 aliphatic heterocycles. The first-order valence-electron chi connectivity index (χ1n) is 7.41. The summed E-state index contributed by atoms with van der Waals surface area (Å²) >= 11 is 0.952. The van der Waals surface area contributed by atoms with Crippen LogP contribution in [0, 0.1) is 6.92 Å². The van der Waals surface area contributed by atoms with Crippen LogP contribution in [0.5, 0.6) is 0 Å². The molecule has 0 aliphatic carbocycles. The summed E-state index contributed by atoms with van der Waals surface area (Å²) in [6.07, 6.45) is -0.705. The SMILES string of the molecule is CCNC(=NCc1nc(C(F)(F)F)cs1)NCCn1cc(C)cn1. The Bertz CT molecular complexity index is 676. The van der Waals surface area contributed by atoms with E-state index in [2.05, 4.69) is 25.7 Å². The van der Waals surface area contributed by atoms with Crippen molar-refractivity contribution in [2.45, 2.75) is 33.1 Å². The fraction of sp³-hybridized carbons (Fsp3) is 0.500. The highest BCUT2D eigenvalue weighted by atomic mass is 32.1. The van der Waals surface area contributed by atoms with Gasteiger partial charge in [-0.2, -0.15) is 18.3 Å². The maximum absolute atomic E-state index is 12.5. The molecule has 2 heterocycles. The van der Waals surface area contributed by atoms with Crippen LogP contribution in [0.25, 0.3) is 0 Å². The molecule has 0 radical (unpaired) electrons. The van der Waals surface area contributed by atoms with Crippen molar-refractivity contribution in [2.75, 3.05) is 13.1 Å². The lowest BCUT2D eigenvalue weighted by atomic mass is 10.4. The third-order valence-corrected chi connectivity index (χ3v) is 3.79. The van der Waals surface area contributed by atoms with Gasteiger partial charge in [0.2, 0.25) is 0 Å². The Morgan fingerprint density at radius 3 is 2.75 bits per heavy atom. The molecule has 10 heteroatoms. The van der Waals surface area contributed by atoms with E-state index in [1.807, 2.05) is 24.7 Å². The highest BCUT2D eigenvalue weighted by molar-refractivity contribution is 7.09. The van der Waals surface area contributed by atoms with Crippen LogP contribution in [0.4, 0.5) is 13.2 Å². The minimum absolute atomic E-state index is 0.0942. The van der Waals surface area contributed by atoms with Crippen molar-refractivity contribution in [3.8, 4) is 0 Å². The number of alkyl halides is 3. The van der Waals surface area contributed by atoms with E-state index in [4.69, 9.17) is 0 Å². The molecule has 0 fully saturated rings. The average Bonchev–Trinajstić information content (AvgIpc) is 3.13. The number of nitrogens with zero attached hydrogens (tertiary/aromatic N) is 4. The number of nitrogens with one attached hydrogen (secondary N) is 2. The zero-order valence-corrected chi connectivity index (χ0v) is 14.2. The molecule has 0 aromatic carbocycles. The van der Waals surface area contributed by atoms with Crippen molar-refractivity contribution < 1.29 is 13.2 Å². The van der Waals surface area contributed by atoms with Gasteiger partial charge in [-0.25, -0.2) is 9.98 Å². The fourth-order valence-corrected chi connectivity index (χ4v) is 2.60. The smallest absolute Gasteiger partial charge is 0.357 e. The molecule has 0 atom stereocenters. The van der Waals surface area contributed by atoms with Crippen LogP contribution in [0.15, 0.2) is 22.8 Å². The first-order chi connectivity index (χ1) is 11.4. The number of aliphatic imine (C=N–C) groups is 1. The summed E-state index contributed by atoms with van der Waals surface area (Å²) in [6.45, 7) is 5.88. The second-order valence-electron chi connectivity index (χ2n) is 5.03. The van der Waals surface area contributed by atoms with Gasteiger partial charge < -0.3 is 10.6 Å². The second kappa shape index (κ2) is 8.13. The monoisotopic (exact) mass is 360 g/mol. The highest BCUT2D eigenvalue weighted by Gasteiger charge is 2.33. The van der Waals surface area contributed by atoms with Gasteiger partial charge in [-0.3, -0.25) is 4.68 Å². The van der Waals surface area contributed by atoms with Gasteiger partial charge >= 0.3 is 6.18 Å². The van der Waals surface area contributed by atoms with E-state index in [1.165, 1.54) is 0 Å². The molecule has 132 valence electrons. The quantitative estimate of drug-likeness (QED) is 0.613. The molecule has 0 amide bonds. The summed E-state index contributed by atoms with van der Waals surface area (Å²) in [5.41, 5.74) is 0.213. The van der Waals surface area contributed by atoms with Crippen molar-refractivity contribution in [1.82, 2.24) is 25.4 Å². The Morgan fingerprint density at radius 2 is 2.17 bits per heavy atom. The number of halogens is 3. The zero-order chi connectivity index (χ0) is 17.6. The van der Waals surface area contributed by atoms with Gasteiger partial charge in [-0.05, 0) is 19.4 Å². The maximum Gasteiger partial charge on any atom is 0.434 e. The van der Waals surface area contributed by atoms with Gasteiger partial charge in [0.1, 0.15) is 5.01 Å². The third-order valence-electron chi connectivity index (χ3n) is 2.95. The number of hydrogen-bond acceptors (Lipinski definition) is 4. The highest BCUT2D eigenvalue weighted by Crippen LogP contribution is 2.30. The largest absolute Gasteiger partial charge is 0.434 e. The van der Waals surface area contributed by atoms with Crippen LogP contribution in [0.2, 0.25) is 0 Å². The van der Waals surface area contributed by atoms with Crippen LogP contribution >= 0.6 is 11.3 Å². The van der Waals surface area contributed by atoms with E-state index in [0.29, 0.717) is 30.6 Å². The molecule has 2 aromatic heterocycles. The minimum Gasteiger partial charge on any atom is -0.357 e. The number of guanidine groups is 1. The Labute approximate surface area is 141 Å². The Hall–Kier alpha value is -2.10. The fourth-order valence-electron chi connectivity index (χ4n) is 1.88. The number of hydrogen-bond donors (Lipinski definition) is 2.